The minimum Gasteiger partial charge on any atom is -0.482 e. The molecule has 194 valence electrons. The fourth-order valence-corrected chi connectivity index (χ4v) is 5.57. The molecule has 0 atom stereocenters. The van der Waals surface area contributed by atoms with Crippen LogP contribution in [0.3, 0.4) is 0 Å². The first-order chi connectivity index (χ1) is 18.5. The van der Waals surface area contributed by atoms with Crippen molar-refractivity contribution in [2.75, 3.05) is 25.0 Å². The summed E-state index contributed by atoms with van der Waals surface area (Å²) in [6, 6.07) is 20.6. The van der Waals surface area contributed by atoms with E-state index in [0.717, 1.165) is 29.0 Å². The average molecular weight is 550 g/mol. The minimum atomic E-state index is -0.314. The van der Waals surface area contributed by atoms with Crippen molar-refractivity contribution < 1.29 is 18.7 Å². The van der Waals surface area contributed by atoms with Crippen molar-refractivity contribution >= 4 is 40.4 Å². The highest BCUT2D eigenvalue weighted by Gasteiger charge is 2.27. The van der Waals surface area contributed by atoms with Gasteiger partial charge in [0.2, 0.25) is 0 Å². The summed E-state index contributed by atoms with van der Waals surface area (Å²) in [4.78, 5) is 32.0. The van der Waals surface area contributed by atoms with Crippen LogP contribution >= 0.6 is 22.9 Å². The molecule has 2 heterocycles. The Labute approximate surface area is 229 Å². The highest BCUT2D eigenvalue weighted by molar-refractivity contribution is 7.10. The molecule has 1 aromatic heterocycles. The van der Waals surface area contributed by atoms with E-state index in [1.54, 1.807) is 34.5 Å². The quantitative estimate of drug-likeness (QED) is 0.280. The molecule has 0 bridgehead atoms. The van der Waals surface area contributed by atoms with Gasteiger partial charge in [-0.25, -0.2) is 9.37 Å². The normalized spacial score (nSPS) is 13.8. The molecule has 4 aromatic rings. The summed E-state index contributed by atoms with van der Waals surface area (Å²) < 4.78 is 18.9. The van der Waals surface area contributed by atoms with Crippen LogP contribution in [0, 0.1) is 5.82 Å². The van der Waals surface area contributed by atoms with Crippen LogP contribution in [0.25, 0.3) is 11.1 Å². The Hall–Kier alpha value is -3.75. The van der Waals surface area contributed by atoms with E-state index < -0.39 is 0 Å². The zero-order chi connectivity index (χ0) is 26.5. The monoisotopic (exact) mass is 549 g/mol. The Morgan fingerprint density at radius 1 is 1.03 bits per heavy atom. The lowest BCUT2D eigenvalue weighted by Gasteiger charge is -2.31. The van der Waals surface area contributed by atoms with E-state index in [0.29, 0.717) is 35.2 Å². The molecule has 1 saturated heterocycles. The third-order valence-corrected chi connectivity index (χ3v) is 7.79. The molecule has 1 aliphatic heterocycles. The van der Waals surface area contributed by atoms with E-state index in [4.69, 9.17) is 16.3 Å². The lowest BCUT2D eigenvalue weighted by atomic mass is 9.97. The van der Waals surface area contributed by atoms with Crippen LogP contribution in [0.15, 0.2) is 78.2 Å². The van der Waals surface area contributed by atoms with Crippen molar-refractivity contribution in [3.63, 3.8) is 0 Å². The van der Waals surface area contributed by atoms with Gasteiger partial charge in [0, 0.05) is 35.6 Å². The Morgan fingerprint density at radius 3 is 2.50 bits per heavy atom. The number of ether oxygens (including phenoxy) is 1. The second-order valence-electron chi connectivity index (χ2n) is 8.95. The fourth-order valence-electron chi connectivity index (χ4n) is 4.41. The number of likely N-dealkylation sites (tertiary alicyclic amines) is 1. The number of nitrogens with zero attached hydrogens (tertiary/aromatic N) is 2. The molecule has 38 heavy (non-hydrogen) atoms. The molecule has 0 aliphatic carbocycles. The van der Waals surface area contributed by atoms with Gasteiger partial charge in [-0.15, -0.1) is 11.3 Å². The van der Waals surface area contributed by atoms with Crippen molar-refractivity contribution in [3.05, 3.63) is 99.7 Å². The number of thiazole rings is 1. The third-order valence-electron chi connectivity index (χ3n) is 6.47. The Balaban J connectivity index is 1.17. The van der Waals surface area contributed by atoms with Gasteiger partial charge in [0.05, 0.1) is 10.0 Å². The van der Waals surface area contributed by atoms with Crippen LogP contribution in [0.4, 0.5) is 10.1 Å². The first-order valence-electron chi connectivity index (χ1n) is 12.2. The van der Waals surface area contributed by atoms with Crippen LogP contribution in [0.2, 0.25) is 5.02 Å². The molecule has 3 aromatic carbocycles. The van der Waals surface area contributed by atoms with Crippen LogP contribution in [0.1, 0.15) is 34.3 Å². The van der Waals surface area contributed by atoms with Crippen LogP contribution in [-0.2, 0) is 4.79 Å². The smallest absolute Gasteiger partial charge is 0.275 e. The second kappa shape index (κ2) is 11.8. The van der Waals surface area contributed by atoms with E-state index in [2.05, 4.69) is 10.3 Å². The number of benzene rings is 3. The third kappa shape index (κ3) is 6.03. The molecule has 9 heteroatoms. The number of carbonyl (C=O) groups is 2. The lowest BCUT2D eigenvalue weighted by molar-refractivity contribution is -0.134. The summed E-state index contributed by atoms with van der Waals surface area (Å²) in [5, 5.41) is 6.07. The van der Waals surface area contributed by atoms with E-state index in [-0.39, 0.29) is 30.2 Å². The minimum absolute atomic E-state index is 0.0602. The molecule has 6 nitrogen and oxygen atoms in total. The number of piperidine rings is 1. The molecule has 0 spiro atoms. The SMILES string of the molecule is O=C(Nc1ccccc1-c1ccc(F)cc1)c1csc(C2CCN(C(=O)COc3ccccc3Cl)CC2)n1. The molecular formula is C29H25ClFN3O3S. The van der Waals surface area contributed by atoms with Crippen molar-refractivity contribution in [1.29, 1.82) is 0 Å². The zero-order valence-corrected chi connectivity index (χ0v) is 22.0. The topological polar surface area (TPSA) is 71.5 Å². The maximum absolute atomic E-state index is 13.4. The van der Waals surface area contributed by atoms with E-state index in [1.807, 2.05) is 36.4 Å². The average Bonchev–Trinajstić information content (AvgIpc) is 3.44. The number of aromatic nitrogens is 1. The summed E-state index contributed by atoms with van der Waals surface area (Å²) in [6.07, 6.45) is 1.53. The number of hydrogen-bond acceptors (Lipinski definition) is 5. The number of hydrogen-bond donors (Lipinski definition) is 1. The molecule has 0 radical (unpaired) electrons. The van der Waals surface area contributed by atoms with E-state index in [9.17, 15) is 14.0 Å². The number of para-hydroxylation sites is 2. The molecule has 0 saturated carbocycles. The molecule has 1 aliphatic rings. The zero-order valence-electron chi connectivity index (χ0n) is 20.4. The highest BCUT2D eigenvalue weighted by atomic mass is 35.5. The first-order valence-corrected chi connectivity index (χ1v) is 13.5. The van der Waals surface area contributed by atoms with Gasteiger partial charge in [0.1, 0.15) is 17.3 Å². The van der Waals surface area contributed by atoms with Crippen LogP contribution in [0.5, 0.6) is 5.75 Å². The van der Waals surface area contributed by atoms with Gasteiger partial charge < -0.3 is 15.0 Å². The Kier molecular flexibility index (Phi) is 8.00. The summed E-state index contributed by atoms with van der Waals surface area (Å²) in [5.41, 5.74) is 2.58. The number of nitrogens with one attached hydrogen (secondary N) is 1. The van der Waals surface area contributed by atoms with E-state index in [1.165, 1.54) is 23.5 Å². The summed E-state index contributed by atoms with van der Waals surface area (Å²) in [5.74, 6) is -0.0208. The number of rotatable bonds is 7. The van der Waals surface area contributed by atoms with Gasteiger partial charge in [-0.3, -0.25) is 9.59 Å². The summed E-state index contributed by atoms with van der Waals surface area (Å²) >= 11 is 7.55. The molecule has 0 unspecified atom stereocenters. The van der Waals surface area contributed by atoms with Gasteiger partial charge in [0.25, 0.3) is 11.8 Å². The molecule has 5 rings (SSSR count). The van der Waals surface area contributed by atoms with Gasteiger partial charge in [-0.1, -0.05) is 54.1 Å². The van der Waals surface area contributed by atoms with Crippen LogP contribution in [-0.4, -0.2) is 41.4 Å². The van der Waals surface area contributed by atoms with Crippen molar-refractivity contribution in [1.82, 2.24) is 9.88 Å². The molecule has 1 N–H and O–H groups in total. The maximum atomic E-state index is 13.4. The van der Waals surface area contributed by atoms with Crippen molar-refractivity contribution in [2.45, 2.75) is 18.8 Å². The largest absolute Gasteiger partial charge is 0.482 e. The molecule has 2 amide bonds. The lowest BCUT2D eigenvalue weighted by Crippen LogP contribution is -2.40. The molecular weight excluding hydrogens is 525 g/mol. The van der Waals surface area contributed by atoms with Crippen molar-refractivity contribution in [2.24, 2.45) is 0 Å². The van der Waals surface area contributed by atoms with Gasteiger partial charge >= 0.3 is 0 Å². The predicted molar refractivity (Wildman–Crippen MR) is 147 cm³/mol. The number of anilines is 1. The Bertz CT molecular complexity index is 1440. The number of carbonyl (C=O) groups excluding carboxylic acids is 2. The number of halogens is 2. The predicted octanol–water partition coefficient (Wildman–Crippen LogP) is 6.64. The summed E-state index contributed by atoms with van der Waals surface area (Å²) in [7, 11) is 0. The summed E-state index contributed by atoms with van der Waals surface area (Å²) in [6.45, 7) is 1.14. The number of amides is 2. The first kappa shape index (κ1) is 25.9. The van der Waals surface area contributed by atoms with Gasteiger partial charge in [-0.2, -0.15) is 0 Å². The van der Waals surface area contributed by atoms with E-state index >= 15 is 0 Å². The fraction of sp³-hybridized carbons (Fsp3) is 0.207. The van der Waals surface area contributed by atoms with Crippen molar-refractivity contribution in [3.8, 4) is 16.9 Å². The maximum Gasteiger partial charge on any atom is 0.275 e. The standard InChI is InChI=1S/C29H25ClFN3O3S/c30-23-6-2-4-8-26(23)37-17-27(35)34-15-13-20(14-16-34)29-33-25(18-38-29)28(36)32-24-7-3-1-5-22(24)19-9-11-21(31)12-10-19/h1-12,18,20H,13-17H2,(H,32,36). The second-order valence-corrected chi connectivity index (χ2v) is 10.2. The van der Waals surface area contributed by atoms with Gasteiger partial charge in [0.15, 0.2) is 6.61 Å². The molecule has 1 fully saturated rings. The van der Waals surface area contributed by atoms with Crippen LogP contribution < -0.4 is 10.1 Å². The van der Waals surface area contributed by atoms with Gasteiger partial charge in [-0.05, 0) is 48.7 Å². The highest BCUT2D eigenvalue weighted by Crippen LogP contribution is 2.32. The Morgan fingerprint density at radius 2 is 1.74 bits per heavy atom.